The molecule has 0 aromatic carbocycles. The Morgan fingerprint density at radius 1 is 0.750 bits per heavy atom. The number of aliphatic hydroxyl groups excluding tert-OH is 4. The molecule has 1 aliphatic heterocycles. The predicted octanol–water partition coefficient (Wildman–Crippen LogP) is -3.09. The summed E-state index contributed by atoms with van der Waals surface area (Å²) >= 11 is 0. The molecule has 0 aliphatic carbocycles. The Morgan fingerprint density at radius 2 is 1.12 bits per heavy atom. The van der Waals surface area contributed by atoms with Crippen molar-refractivity contribution in [3.8, 4) is 0 Å². The van der Waals surface area contributed by atoms with Crippen LogP contribution in [0.4, 0.5) is 0 Å². The van der Waals surface area contributed by atoms with Crippen molar-refractivity contribution in [1.29, 1.82) is 0 Å². The number of β-amino-alcohol motifs (C(OH)–C–C–N with tert-alkyl or cyclic N) is 2. The van der Waals surface area contributed by atoms with E-state index in [0.29, 0.717) is 45.0 Å². The Morgan fingerprint density at radius 3 is 1.42 bits per heavy atom. The molecule has 9 nitrogen and oxygen atoms in total. The molecule has 0 bridgehead atoms. The molecule has 10 heteroatoms. The van der Waals surface area contributed by atoms with Crippen molar-refractivity contribution in [2.75, 3.05) is 84.6 Å². The first-order chi connectivity index (χ1) is 11.4. The van der Waals surface area contributed by atoms with E-state index in [4.69, 9.17) is 20.4 Å². The summed E-state index contributed by atoms with van der Waals surface area (Å²) < 4.78 is 0. The third-order valence-electron chi connectivity index (χ3n) is 3.82. The first-order valence-electron chi connectivity index (χ1n) is 8.21. The molecule has 1 fully saturated rings. The normalized spacial score (nSPS) is 17.9. The zero-order chi connectivity index (χ0) is 18.0. The zero-order valence-corrected chi connectivity index (χ0v) is 15.1. The van der Waals surface area contributed by atoms with Gasteiger partial charge in [-0.3, -0.25) is 14.7 Å². The molecule has 0 aromatic heterocycles. The van der Waals surface area contributed by atoms with E-state index in [-0.39, 0.29) is 39.5 Å². The highest BCUT2D eigenvalue weighted by Gasteiger charge is 2.39. The molecular formula is C14H32N3O6P. The van der Waals surface area contributed by atoms with Gasteiger partial charge in [0.05, 0.1) is 39.5 Å². The van der Waals surface area contributed by atoms with Crippen LogP contribution in [-0.2, 0) is 0 Å². The average Bonchev–Trinajstić information content (AvgIpc) is 2.46. The Hall–Kier alpha value is 0.0700. The van der Waals surface area contributed by atoms with Crippen molar-refractivity contribution in [3.63, 3.8) is 0 Å². The minimum Gasteiger partial charge on any atom is -0.395 e. The number of likely N-dealkylation sites (tertiary alicyclic amines) is 1. The highest BCUT2D eigenvalue weighted by atomic mass is 31.1. The molecule has 0 saturated carbocycles. The molecule has 144 valence electrons. The smallest absolute Gasteiger partial charge is 0.188 e. The second-order valence-electron chi connectivity index (χ2n) is 6.20. The maximum atomic E-state index is 9.47. The van der Waals surface area contributed by atoms with Crippen LogP contribution in [0.5, 0.6) is 0 Å². The van der Waals surface area contributed by atoms with Gasteiger partial charge in [-0.15, -0.1) is 0 Å². The number of aliphatic hydroxyl groups is 6. The Bertz CT molecular complexity index is 302. The second-order valence-corrected chi connectivity index (χ2v) is 8.39. The Balaban J connectivity index is 2.62. The molecule has 24 heavy (non-hydrogen) atoms. The van der Waals surface area contributed by atoms with Gasteiger partial charge < -0.3 is 30.6 Å². The maximum absolute atomic E-state index is 9.47. The first-order valence-corrected chi connectivity index (χ1v) is 10.1. The van der Waals surface area contributed by atoms with E-state index in [1.54, 1.807) is 0 Å². The van der Waals surface area contributed by atoms with Gasteiger partial charge in [0.15, 0.2) is 5.79 Å². The second kappa shape index (κ2) is 11.6. The van der Waals surface area contributed by atoms with Crippen molar-refractivity contribution in [3.05, 3.63) is 0 Å². The van der Waals surface area contributed by atoms with E-state index in [9.17, 15) is 10.2 Å². The van der Waals surface area contributed by atoms with Crippen LogP contribution < -0.4 is 0 Å². The lowest BCUT2D eigenvalue weighted by Gasteiger charge is -2.45. The molecular weight excluding hydrogens is 337 g/mol. The van der Waals surface area contributed by atoms with Crippen LogP contribution in [0.2, 0.25) is 0 Å². The molecule has 6 N–H and O–H groups in total. The lowest BCUT2D eigenvalue weighted by molar-refractivity contribution is -0.238. The van der Waals surface area contributed by atoms with E-state index >= 15 is 0 Å². The van der Waals surface area contributed by atoms with Crippen molar-refractivity contribution >= 4 is 7.92 Å². The fraction of sp³-hybridized carbons (Fsp3) is 1.00. The van der Waals surface area contributed by atoms with Crippen LogP contribution in [0, 0.1) is 0 Å². The summed E-state index contributed by atoms with van der Waals surface area (Å²) in [7, 11) is -0.610. The lowest BCUT2D eigenvalue weighted by atomic mass is 10.1. The van der Waals surface area contributed by atoms with Gasteiger partial charge in [0, 0.05) is 45.0 Å². The van der Waals surface area contributed by atoms with Crippen LogP contribution in [0.15, 0.2) is 0 Å². The standard InChI is InChI=1S/C14H32N3O6P/c18-5-1-15(2-6-19)11-24(12-16(3-7-20)4-8-21)13-17-9-14(22,23)10-17/h18-23H,1-13H2. The molecule has 0 radical (unpaired) electrons. The van der Waals surface area contributed by atoms with Crippen LogP contribution in [0.25, 0.3) is 0 Å². The molecule has 0 atom stereocenters. The van der Waals surface area contributed by atoms with Gasteiger partial charge in [0.2, 0.25) is 0 Å². The molecule has 0 amide bonds. The SMILES string of the molecule is OCCN(CCO)CP(CN(CCO)CCO)CN1CC(O)(O)C1. The highest BCUT2D eigenvalue weighted by Crippen LogP contribution is 2.39. The Kier molecular flexibility index (Phi) is 10.7. The fourth-order valence-corrected chi connectivity index (χ4v) is 5.56. The van der Waals surface area contributed by atoms with Crippen molar-refractivity contribution in [2.24, 2.45) is 0 Å². The van der Waals surface area contributed by atoms with Crippen molar-refractivity contribution in [1.82, 2.24) is 14.7 Å². The van der Waals surface area contributed by atoms with E-state index in [2.05, 4.69) is 0 Å². The summed E-state index contributed by atoms with van der Waals surface area (Å²) in [6.07, 6.45) is 2.10. The summed E-state index contributed by atoms with van der Waals surface area (Å²) in [5, 5.41) is 55.6. The largest absolute Gasteiger partial charge is 0.395 e. The van der Waals surface area contributed by atoms with Crippen LogP contribution >= 0.6 is 7.92 Å². The van der Waals surface area contributed by atoms with E-state index in [0.717, 1.165) is 0 Å². The topological polar surface area (TPSA) is 131 Å². The van der Waals surface area contributed by atoms with E-state index < -0.39 is 13.7 Å². The average molecular weight is 369 g/mol. The minimum absolute atomic E-state index is 0.0142. The highest BCUT2D eigenvalue weighted by molar-refractivity contribution is 7.57. The molecule has 1 aliphatic rings. The van der Waals surface area contributed by atoms with Gasteiger partial charge in [-0.05, 0) is 0 Å². The summed E-state index contributed by atoms with van der Waals surface area (Å²) in [5.41, 5.74) is 0. The van der Waals surface area contributed by atoms with E-state index in [1.165, 1.54) is 0 Å². The van der Waals surface area contributed by atoms with Crippen LogP contribution in [-0.4, -0.2) is 136 Å². The van der Waals surface area contributed by atoms with Gasteiger partial charge in [0.25, 0.3) is 0 Å². The number of hydrogen-bond acceptors (Lipinski definition) is 9. The molecule has 1 heterocycles. The summed E-state index contributed by atoms with van der Waals surface area (Å²) in [6.45, 7) is 2.39. The molecule has 0 spiro atoms. The minimum atomic E-state index is -1.60. The fourth-order valence-electron chi connectivity index (χ4n) is 2.82. The summed E-state index contributed by atoms with van der Waals surface area (Å²) in [5.74, 6) is -1.60. The van der Waals surface area contributed by atoms with Gasteiger partial charge in [-0.25, -0.2) is 0 Å². The van der Waals surface area contributed by atoms with Gasteiger partial charge in [-0.1, -0.05) is 7.92 Å². The summed E-state index contributed by atoms with van der Waals surface area (Å²) in [6, 6.07) is 0. The zero-order valence-electron chi connectivity index (χ0n) is 14.2. The third-order valence-corrected chi connectivity index (χ3v) is 6.22. The Labute approximate surface area is 144 Å². The van der Waals surface area contributed by atoms with Gasteiger partial charge >= 0.3 is 0 Å². The van der Waals surface area contributed by atoms with Crippen LogP contribution in [0.1, 0.15) is 0 Å². The number of hydrogen-bond donors (Lipinski definition) is 6. The lowest BCUT2D eigenvalue weighted by Crippen LogP contribution is -2.61. The first kappa shape index (κ1) is 22.1. The number of nitrogens with zero attached hydrogens (tertiary/aromatic N) is 3. The quantitative estimate of drug-likeness (QED) is 0.139. The van der Waals surface area contributed by atoms with Crippen molar-refractivity contribution < 1.29 is 30.6 Å². The predicted molar refractivity (Wildman–Crippen MR) is 91.8 cm³/mol. The van der Waals surface area contributed by atoms with Gasteiger partial charge in [0.1, 0.15) is 0 Å². The monoisotopic (exact) mass is 369 g/mol. The summed E-state index contributed by atoms with van der Waals surface area (Å²) in [4.78, 5) is 5.96. The molecule has 1 saturated heterocycles. The maximum Gasteiger partial charge on any atom is 0.188 e. The van der Waals surface area contributed by atoms with Crippen LogP contribution in [0.3, 0.4) is 0 Å². The number of rotatable bonds is 14. The molecule has 0 unspecified atom stereocenters. The molecule has 1 rings (SSSR count). The van der Waals surface area contributed by atoms with Gasteiger partial charge in [-0.2, -0.15) is 0 Å². The molecule has 0 aromatic rings. The van der Waals surface area contributed by atoms with Crippen molar-refractivity contribution in [2.45, 2.75) is 5.79 Å². The third kappa shape index (κ3) is 8.44. The van der Waals surface area contributed by atoms with E-state index in [1.807, 2.05) is 14.7 Å².